The van der Waals surface area contributed by atoms with Gasteiger partial charge in [0.25, 0.3) is 5.89 Å². The fourth-order valence-corrected chi connectivity index (χ4v) is 3.76. The van der Waals surface area contributed by atoms with Crippen LogP contribution in [0.1, 0.15) is 75.4 Å². The van der Waals surface area contributed by atoms with E-state index in [9.17, 15) is 4.79 Å². The molecule has 2 heterocycles. The van der Waals surface area contributed by atoms with Gasteiger partial charge < -0.3 is 19.9 Å². The fourth-order valence-electron chi connectivity index (χ4n) is 3.76. The van der Waals surface area contributed by atoms with E-state index < -0.39 is 5.54 Å². The highest BCUT2D eigenvalue weighted by molar-refractivity contribution is 5.75. The molecule has 7 heteroatoms. The Kier molecular flexibility index (Phi) is 4.43. The van der Waals surface area contributed by atoms with E-state index in [0.717, 1.165) is 63.8 Å². The molecule has 3 fully saturated rings. The van der Waals surface area contributed by atoms with Crippen molar-refractivity contribution >= 4 is 6.03 Å². The molecule has 2 aliphatic carbocycles. The maximum atomic E-state index is 12.4. The number of nitrogens with zero attached hydrogens (tertiary/aromatic N) is 2. The van der Waals surface area contributed by atoms with Gasteiger partial charge in [-0.15, -0.1) is 0 Å². The van der Waals surface area contributed by atoms with Gasteiger partial charge in [-0.25, -0.2) is 4.79 Å². The minimum atomic E-state index is -0.515. The SMILES string of the molecule is O=C(NCC1CCCO1)NC1(c2nc(C3CC3)no2)CCCCC1. The van der Waals surface area contributed by atoms with Gasteiger partial charge in [0.2, 0.25) is 0 Å². The van der Waals surface area contributed by atoms with E-state index in [-0.39, 0.29) is 12.1 Å². The zero-order chi connectivity index (χ0) is 16.4. The largest absolute Gasteiger partial charge is 0.376 e. The maximum absolute atomic E-state index is 12.4. The molecule has 1 aliphatic heterocycles. The second-order valence-electron chi connectivity index (χ2n) is 7.34. The summed E-state index contributed by atoms with van der Waals surface area (Å²) in [5.74, 6) is 1.84. The Morgan fingerprint density at radius 2 is 2.00 bits per heavy atom. The Morgan fingerprint density at radius 1 is 1.17 bits per heavy atom. The van der Waals surface area contributed by atoms with Gasteiger partial charge in [0.15, 0.2) is 5.82 Å². The quantitative estimate of drug-likeness (QED) is 0.864. The number of carbonyl (C=O) groups is 1. The Morgan fingerprint density at radius 3 is 2.71 bits per heavy atom. The number of urea groups is 1. The van der Waals surface area contributed by atoms with Crippen LogP contribution in [0.4, 0.5) is 4.79 Å². The Labute approximate surface area is 141 Å². The summed E-state index contributed by atoms with van der Waals surface area (Å²) in [4.78, 5) is 17.0. The van der Waals surface area contributed by atoms with Crippen molar-refractivity contribution in [3.05, 3.63) is 11.7 Å². The van der Waals surface area contributed by atoms with Crippen LogP contribution in [0.15, 0.2) is 4.52 Å². The summed E-state index contributed by atoms with van der Waals surface area (Å²) in [7, 11) is 0. The normalized spacial score (nSPS) is 26.2. The first-order valence-electron chi connectivity index (χ1n) is 9.27. The minimum absolute atomic E-state index is 0.142. The van der Waals surface area contributed by atoms with Gasteiger partial charge in [-0.1, -0.05) is 24.4 Å². The van der Waals surface area contributed by atoms with Crippen molar-refractivity contribution in [2.24, 2.45) is 0 Å². The molecule has 0 radical (unpaired) electrons. The molecule has 1 atom stereocenters. The van der Waals surface area contributed by atoms with Crippen LogP contribution in [0.3, 0.4) is 0 Å². The van der Waals surface area contributed by atoms with Crippen LogP contribution in [0.2, 0.25) is 0 Å². The van der Waals surface area contributed by atoms with Gasteiger partial charge >= 0.3 is 6.03 Å². The summed E-state index contributed by atoms with van der Waals surface area (Å²) in [6, 6.07) is -0.168. The Balaban J connectivity index is 1.42. The lowest BCUT2D eigenvalue weighted by Gasteiger charge is -2.34. The summed E-state index contributed by atoms with van der Waals surface area (Å²) in [5.41, 5.74) is -0.515. The van der Waals surface area contributed by atoms with E-state index >= 15 is 0 Å². The molecule has 2 saturated carbocycles. The van der Waals surface area contributed by atoms with E-state index in [0.29, 0.717) is 18.4 Å². The van der Waals surface area contributed by atoms with Crippen molar-refractivity contribution in [1.29, 1.82) is 0 Å². The summed E-state index contributed by atoms with van der Waals surface area (Å²) in [6.07, 6.45) is 9.53. The van der Waals surface area contributed by atoms with Gasteiger partial charge in [-0.05, 0) is 38.5 Å². The third-order valence-corrected chi connectivity index (χ3v) is 5.37. The van der Waals surface area contributed by atoms with Crippen LogP contribution < -0.4 is 10.6 Å². The van der Waals surface area contributed by atoms with Crippen LogP contribution in [-0.4, -0.2) is 35.4 Å². The monoisotopic (exact) mass is 334 g/mol. The van der Waals surface area contributed by atoms with Crippen molar-refractivity contribution in [3.63, 3.8) is 0 Å². The summed E-state index contributed by atoms with van der Waals surface area (Å²) >= 11 is 0. The molecule has 1 aromatic heterocycles. The molecule has 0 bridgehead atoms. The first-order chi connectivity index (χ1) is 11.8. The summed E-state index contributed by atoms with van der Waals surface area (Å²) < 4.78 is 11.1. The minimum Gasteiger partial charge on any atom is -0.376 e. The van der Waals surface area contributed by atoms with Gasteiger partial charge in [-0.3, -0.25) is 0 Å². The molecule has 2 amide bonds. The lowest BCUT2D eigenvalue weighted by Crippen LogP contribution is -2.52. The van der Waals surface area contributed by atoms with E-state index in [1.165, 1.54) is 6.42 Å². The van der Waals surface area contributed by atoms with Crippen LogP contribution in [0.5, 0.6) is 0 Å². The van der Waals surface area contributed by atoms with Gasteiger partial charge in [0.1, 0.15) is 5.54 Å². The van der Waals surface area contributed by atoms with Crippen molar-refractivity contribution in [2.75, 3.05) is 13.2 Å². The molecule has 3 aliphatic rings. The van der Waals surface area contributed by atoms with Crippen molar-refractivity contribution in [3.8, 4) is 0 Å². The molecule has 1 unspecified atom stereocenters. The van der Waals surface area contributed by atoms with Gasteiger partial charge in [-0.2, -0.15) is 4.98 Å². The lowest BCUT2D eigenvalue weighted by molar-refractivity contribution is 0.109. The predicted octanol–water partition coefficient (Wildman–Crippen LogP) is 2.58. The average Bonchev–Trinajstić information content (AvgIpc) is 3.12. The smallest absolute Gasteiger partial charge is 0.315 e. The molecule has 2 N–H and O–H groups in total. The first-order valence-corrected chi connectivity index (χ1v) is 9.27. The van der Waals surface area contributed by atoms with E-state index in [4.69, 9.17) is 9.26 Å². The number of carbonyl (C=O) groups excluding carboxylic acids is 1. The van der Waals surface area contributed by atoms with Crippen molar-refractivity contribution in [1.82, 2.24) is 20.8 Å². The molecule has 1 saturated heterocycles. The van der Waals surface area contributed by atoms with Gasteiger partial charge in [0.05, 0.1) is 6.10 Å². The average molecular weight is 334 g/mol. The fraction of sp³-hybridized carbons (Fsp3) is 0.824. The standard InChI is InChI=1S/C17H26N4O3/c22-16(18-11-13-5-4-10-23-13)20-17(8-2-1-3-9-17)15-19-14(21-24-15)12-6-7-12/h12-13H,1-11H2,(H2,18,20,22). The molecule has 4 rings (SSSR count). The van der Waals surface area contributed by atoms with Crippen LogP contribution in [0.25, 0.3) is 0 Å². The lowest BCUT2D eigenvalue weighted by atomic mass is 9.81. The highest BCUT2D eigenvalue weighted by Crippen LogP contribution is 2.41. The number of hydrogen-bond acceptors (Lipinski definition) is 5. The number of hydrogen-bond donors (Lipinski definition) is 2. The zero-order valence-corrected chi connectivity index (χ0v) is 14.1. The number of nitrogens with one attached hydrogen (secondary N) is 2. The highest BCUT2D eigenvalue weighted by atomic mass is 16.5. The predicted molar refractivity (Wildman–Crippen MR) is 86.5 cm³/mol. The first kappa shape index (κ1) is 15.9. The third kappa shape index (κ3) is 3.41. The van der Waals surface area contributed by atoms with E-state index in [2.05, 4.69) is 20.8 Å². The molecule has 0 spiro atoms. The Hall–Kier alpha value is -1.63. The second-order valence-corrected chi connectivity index (χ2v) is 7.34. The highest BCUT2D eigenvalue weighted by Gasteiger charge is 2.42. The molecule has 24 heavy (non-hydrogen) atoms. The second kappa shape index (κ2) is 6.70. The van der Waals surface area contributed by atoms with E-state index in [1.807, 2.05) is 0 Å². The number of ether oxygens (including phenoxy) is 1. The molecular formula is C17H26N4O3. The van der Waals surface area contributed by atoms with Crippen LogP contribution >= 0.6 is 0 Å². The zero-order valence-electron chi connectivity index (χ0n) is 14.1. The third-order valence-electron chi connectivity index (χ3n) is 5.37. The molecule has 1 aromatic rings. The number of aromatic nitrogens is 2. The Bertz CT molecular complexity index is 572. The summed E-state index contributed by atoms with van der Waals surface area (Å²) in [5, 5.41) is 10.2. The van der Waals surface area contributed by atoms with Crippen LogP contribution in [0, 0.1) is 0 Å². The molecule has 0 aromatic carbocycles. The topological polar surface area (TPSA) is 89.3 Å². The molecular weight excluding hydrogens is 308 g/mol. The molecule has 7 nitrogen and oxygen atoms in total. The number of rotatable bonds is 5. The van der Waals surface area contributed by atoms with E-state index in [1.54, 1.807) is 0 Å². The molecule has 132 valence electrons. The van der Waals surface area contributed by atoms with Crippen LogP contribution in [-0.2, 0) is 10.3 Å². The summed E-state index contributed by atoms with van der Waals surface area (Å²) in [6.45, 7) is 1.35. The van der Waals surface area contributed by atoms with Crippen molar-refractivity contribution < 1.29 is 14.1 Å². The van der Waals surface area contributed by atoms with Crippen molar-refractivity contribution in [2.45, 2.75) is 75.3 Å². The van der Waals surface area contributed by atoms with Gasteiger partial charge in [0, 0.05) is 19.1 Å². The maximum Gasteiger partial charge on any atom is 0.315 e. The number of amides is 2.